The van der Waals surface area contributed by atoms with E-state index in [1.807, 2.05) is 55.5 Å². The maximum atomic E-state index is 13.4. The molecule has 1 unspecified atom stereocenters. The fourth-order valence-corrected chi connectivity index (χ4v) is 4.91. The van der Waals surface area contributed by atoms with Gasteiger partial charge in [0, 0.05) is 35.1 Å². The van der Waals surface area contributed by atoms with Crippen molar-refractivity contribution in [2.75, 3.05) is 6.54 Å². The molecule has 3 aromatic rings. The van der Waals surface area contributed by atoms with Gasteiger partial charge >= 0.3 is 0 Å². The van der Waals surface area contributed by atoms with E-state index in [4.69, 9.17) is 0 Å². The third kappa shape index (κ3) is 3.07. The second-order valence-electron chi connectivity index (χ2n) is 8.51. The summed E-state index contributed by atoms with van der Waals surface area (Å²) in [6.07, 6.45) is 1.21. The fourth-order valence-electron chi connectivity index (χ4n) is 4.91. The lowest BCUT2D eigenvalue weighted by Gasteiger charge is -2.37. The number of para-hydroxylation sites is 1. The topological polar surface area (TPSA) is 94.3 Å². The van der Waals surface area contributed by atoms with Gasteiger partial charge in [-0.05, 0) is 36.6 Å². The number of carbonyl (C=O) groups excluding carboxylic acids is 3. The number of hydrogen-bond acceptors (Lipinski definition) is 3. The Balaban J connectivity index is 1.54. The minimum absolute atomic E-state index is 0.154. The normalized spacial score (nSPS) is 19.8. The van der Waals surface area contributed by atoms with Crippen LogP contribution in [-0.2, 0) is 16.0 Å². The number of hydrogen-bond donors (Lipinski definition) is 3. The monoisotopic (exact) mass is 430 g/mol. The Hall–Kier alpha value is -3.61. The van der Waals surface area contributed by atoms with Crippen molar-refractivity contribution in [2.24, 2.45) is 0 Å². The lowest BCUT2D eigenvalue weighted by atomic mass is 9.90. The van der Waals surface area contributed by atoms with Crippen molar-refractivity contribution in [1.82, 2.24) is 20.5 Å². The molecular formula is C25H26N4O3. The van der Waals surface area contributed by atoms with Gasteiger partial charge in [0.05, 0.1) is 6.04 Å². The van der Waals surface area contributed by atoms with E-state index in [-0.39, 0.29) is 23.8 Å². The third-order valence-electron chi connectivity index (χ3n) is 6.46. The van der Waals surface area contributed by atoms with E-state index in [1.54, 1.807) is 11.8 Å². The molecule has 2 aliphatic heterocycles. The Morgan fingerprint density at radius 2 is 1.91 bits per heavy atom. The van der Waals surface area contributed by atoms with Crippen LogP contribution in [0.25, 0.3) is 10.9 Å². The number of aromatic amines is 1. The van der Waals surface area contributed by atoms with E-state index in [0.29, 0.717) is 18.5 Å². The number of rotatable bonds is 5. The molecule has 0 radical (unpaired) electrons. The van der Waals surface area contributed by atoms with Gasteiger partial charge in [-0.3, -0.25) is 14.4 Å². The predicted molar refractivity (Wildman–Crippen MR) is 121 cm³/mol. The van der Waals surface area contributed by atoms with E-state index < -0.39 is 12.1 Å². The van der Waals surface area contributed by atoms with Gasteiger partial charge in [0.25, 0.3) is 5.91 Å². The van der Waals surface area contributed by atoms with E-state index in [1.165, 1.54) is 0 Å². The average molecular weight is 431 g/mol. The molecule has 3 amide bonds. The van der Waals surface area contributed by atoms with Crippen LogP contribution in [0.2, 0.25) is 0 Å². The highest BCUT2D eigenvalue weighted by Crippen LogP contribution is 2.46. The van der Waals surface area contributed by atoms with Crippen LogP contribution >= 0.6 is 0 Å². The Morgan fingerprint density at radius 3 is 2.72 bits per heavy atom. The van der Waals surface area contributed by atoms with E-state index in [2.05, 4.69) is 15.6 Å². The lowest BCUT2D eigenvalue weighted by molar-refractivity contribution is -0.131. The number of nitrogens with zero attached hydrogens (tertiary/aromatic N) is 1. The molecule has 3 atom stereocenters. The van der Waals surface area contributed by atoms with Gasteiger partial charge in [0.15, 0.2) is 0 Å². The average Bonchev–Trinajstić information content (AvgIpc) is 3.32. The molecule has 2 aromatic carbocycles. The molecule has 32 heavy (non-hydrogen) atoms. The highest BCUT2D eigenvalue weighted by molar-refractivity contribution is 6.04. The van der Waals surface area contributed by atoms with Crippen LogP contribution in [0.15, 0.2) is 48.5 Å². The SMILES string of the molecule is CCCNC(=O)[C@H](C)NC(=O)[C@@H]1Cc2c([nH]c3ccccc23)C2c3ccccc3C(=O)N21. The zero-order valence-corrected chi connectivity index (χ0v) is 18.1. The number of fused-ring (bicyclic) bond motifs is 7. The first kappa shape index (κ1) is 20.3. The van der Waals surface area contributed by atoms with Crippen molar-refractivity contribution < 1.29 is 14.4 Å². The van der Waals surface area contributed by atoms with Gasteiger partial charge in [-0.1, -0.05) is 43.3 Å². The van der Waals surface area contributed by atoms with Crippen LogP contribution in [0.3, 0.4) is 0 Å². The number of aromatic nitrogens is 1. The molecule has 0 aliphatic carbocycles. The van der Waals surface area contributed by atoms with Crippen molar-refractivity contribution in [3.8, 4) is 0 Å². The summed E-state index contributed by atoms with van der Waals surface area (Å²) in [6.45, 7) is 4.20. The Bertz CT molecular complexity index is 1230. The molecule has 0 bridgehead atoms. The standard InChI is InChI=1S/C25H26N4O3/c1-3-12-26-23(30)14(2)27-24(31)20-13-18-15-8-6-7-11-19(15)28-21(18)22-16-9-4-5-10-17(16)25(32)29(20)22/h4-11,14,20,22,28H,3,12-13H2,1-2H3,(H,26,30)(H,27,31)/t14-,20-,22?/m0/s1. The first-order valence-electron chi connectivity index (χ1n) is 11.1. The van der Waals surface area contributed by atoms with Crippen LogP contribution in [-0.4, -0.2) is 46.2 Å². The summed E-state index contributed by atoms with van der Waals surface area (Å²) < 4.78 is 0. The molecule has 0 spiro atoms. The van der Waals surface area contributed by atoms with Gasteiger partial charge < -0.3 is 20.5 Å². The van der Waals surface area contributed by atoms with Gasteiger partial charge in [0.1, 0.15) is 12.1 Å². The Kier molecular flexibility index (Phi) is 4.96. The fraction of sp³-hybridized carbons (Fsp3) is 0.320. The van der Waals surface area contributed by atoms with E-state index >= 15 is 0 Å². The van der Waals surface area contributed by atoms with Crippen LogP contribution in [0, 0.1) is 0 Å². The van der Waals surface area contributed by atoms with Crippen LogP contribution in [0.4, 0.5) is 0 Å². The van der Waals surface area contributed by atoms with Gasteiger partial charge in [-0.2, -0.15) is 0 Å². The number of H-pyrrole nitrogens is 1. The quantitative estimate of drug-likeness (QED) is 0.581. The van der Waals surface area contributed by atoms with Crippen LogP contribution in [0.1, 0.15) is 53.5 Å². The lowest BCUT2D eigenvalue weighted by Crippen LogP contribution is -2.55. The Labute approximate surface area is 186 Å². The van der Waals surface area contributed by atoms with E-state index in [0.717, 1.165) is 34.1 Å². The largest absolute Gasteiger partial charge is 0.356 e. The molecule has 0 saturated heterocycles. The molecule has 5 rings (SSSR count). The minimum atomic E-state index is -0.701. The minimum Gasteiger partial charge on any atom is -0.356 e. The Morgan fingerprint density at radius 1 is 1.16 bits per heavy atom. The third-order valence-corrected chi connectivity index (χ3v) is 6.46. The maximum absolute atomic E-state index is 13.4. The number of nitrogens with one attached hydrogen (secondary N) is 3. The van der Waals surface area contributed by atoms with Crippen molar-refractivity contribution in [1.29, 1.82) is 0 Å². The summed E-state index contributed by atoms with van der Waals surface area (Å²) in [7, 11) is 0. The molecular weight excluding hydrogens is 404 g/mol. The van der Waals surface area contributed by atoms with E-state index in [9.17, 15) is 14.4 Å². The molecule has 1 aromatic heterocycles. The molecule has 7 heteroatoms. The second kappa shape index (κ2) is 7.82. The summed E-state index contributed by atoms with van der Waals surface area (Å²) in [5.41, 5.74) is 4.52. The summed E-state index contributed by atoms with van der Waals surface area (Å²) >= 11 is 0. The van der Waals surface area contributed by atoms with Crippen LogP contribution in [0.5, 0.6) is 0 Å². The first-order chi connectivity index (χ1) is 15.5. The highest BCUT2D eigenvalue weighted by atomic mass is 16.2. The molecule has 7 nitrogen and oxygen atoms in total. The first-order valence-corrected chi connectivity index (χ1v) is 11.1. The molecule has 0 saturated carbocycles. The molecule has 2 aliphatic rings. The zero-order valence-electron chi connectivity index (χ0n) is 18.1. The second-order valence-corrected chi connectivity index (χ2v) is 8.51. The van der Waals surface area contributed by atoms with Gasteiger partial charge in [0.2, 0.25) is 11.8 Å². The van der Waals surface area contributed by atoms with Gasteiger partial charge in [-0.25, -0.2) is 0 Å². The molecule has 164 valence electrons. The van der Waals surface area contributed by atoms with Crippen molar-refractivity contribution in [3.63, 3.8) is 0 Å². The smallest absolute Gasteiger partial charge is 0.255 e. The molecule has 3 N–H and O–H groups in total. The summed E-state index contributed by atoms with van der Waals surface area (Å²) in [5.74, 6) is -0.694. The highest BCUT2D eigenvalue weighted by Gasteiger charge is 2.49. The van der Waals surface area contributed by atoms with Crippen LogP contribution < -0.4 is 10.6 Å². The predicted octanol–water partition coefficient (Wildman–Crippen LogP) is 2.67. The van der Waals surface area contributed by atoms with Gasteiger partial charge in [-0.15, -0.1) is 0 Å². The van der Waals surface area contributed by atoms with Crippen molar-refractivity contribution in [3.05, 3.63) is 70.9 Å². The van der Waals surface area contributed by atoms with Crippen molar-refractivity contribution >= 4 is 28.6 Å². The number of benzene rings is 2. The van der Waals surface area contributed by atoms with Crippen molar-refractivity contribution in [2.45, 2.75) is 44.8 Å². The summed E-state index contributed by atoms with van der Waals surface area (Å²) in [4.78, 5) is 44.3. The molecule has 0 fully saturated rings. The number of amides is 3. The molecule has 3 heterocycles. The summed E-state index contributed by atoms with van der Waals surface area (Å²) in [6, 6.07) is 13.8. The number of carbonyl (C=O) groups is 3. The zero-order chi connectivity index (χ0) is 22.4. The maximum Gasteiger partial charge on any atom is 0.255 e. The summed E-state index contributed by atoms with van der Waals surface area (Å²) in [5, 5.41) is 6.70.